The predicted octanol–water partition coefficient (Wildman–Crippen LogP) is 1.72. The summed E-state index contributed by atoms with van der Waals surface area (Å²) in [6.07, 6.45) is 2.51. The normalized spacial score (nSPS) is 22.3. The second kappa shape index (κ2) is 5.34. The lowest BCUT2D eigenvalue weighted by molar-refractivity contribution is -0.384. The van der Waals surface area contributed by atoms with Gasteiger partial charge in [-0.2, -0.15) is 5.10 Å². The van der Waals surface area contributed by atoms with E-state index < -0.39 is 16.4 Å². The number of aryl methyl sites for hydroxylation is 2. The Morgan fingerprint density at radius 3 is 2.71 bits per heavy atom. The van der Waals surface area contributed by atoms with Gasteiger partial charge in [0.1, 0.15) is 11.2 Å². The largest absolute Gasteiger partial charge is 0.480 e. The molecule has 1 saturated heterocycles. The lowest BCUT2D eigenvalue weighted by atomic mass is 9.88. The standard InChI is InChI=1S/C13H20N4O4/c1-4-9-10(17(20)21)11(15(3)14-9)16-8-6-5-7-13(16,2)12(18)19/h4-8H2,1-3H3,(H,18,19). The van der Waals surface area contributed by atoms with Crippen LogP contribution in [0.25, 0.3) is 0 Å². The number of carbonyl (C=O) groups is 1. The van der Waals surface area contributed by atoms with Crippen LogP contribution < -0.4 is 4.90 Å². The summed E-state index contributed by atoms with van der Waals surface area (Å²) in [6.45, 7) is 3.90. The van der Waals surface area contributed by atoms with E-state index in [4.69, 9.17) is 0 Å². The van der Waals surface area contributed by atoms with Crippen LogP contribution in [0.2, 0.25) is 0 Å². The highest BCUT2D eigenvalue weighted by Gasteiger charge is 2.46. The Kier molecular flexibility index (Phi) is 3.89. The molecule has 1 aliphatic rings. The third-order valence-corrected chi connectivity index (χ3v) is 4.19. The molecular formula is C13H20N4O4. The van der Waals surface area contributed by atoms with Gasteiger partial charge in [0, 0.05) is 13.6 Å². The van der Waals surface area contributed by atoms with Gasteiger partial charge in [-0.1, -0.05) is 6.92 Å². The summed E-state index contributed by atoms with van der Waals surface area (Å²) in [5, 5.41) is 25.2. The zero-order valence-corrected chi connectivity index (χ0v) is 12.5. The van der Waals surface area contributed by atoms with Crippen LogP contribution in [0.15, 0.2) is 0 Å². The molecule has 8 heteroatoms. The minimum absolute atomic E-state index is 0.0747. The fourth-order valence-electron chi connectivity index (χ4n) is 2.97. The van der Waals surface area contributed by atoms with Gasteiger partial charge in [0.15, 0.2) is 0 Å². The van der Waals surface area contributed by atoms with E-state index >= 15 is 0 Å². The zero-order valence-electron chi connectivity index (χ0n) is 12.5. The highest BCUT2D eigenvalue weighted by atomic mass is 16.6. The molecule has 1 aromatic heterocycles. The quantitative estimate of drug-likeness (QED) is 0.670. The summed E-state index contributed by atoms with van der Waals surface area (Å²) < 4.78 is 1.43. The molecule has 1 unspecified atom stereocenters. The zero-order chi connectivity index (χ0) is 15.8. The van der Waals surface area contributed by atoms with E-state index in [1.54, 1.807) is 25.8 Å². The molecule has 1 fully saturated rings. The molecule has 1 atom stereocenters. The van der Waals surface area contributed by atoms with Crippen molar-refractivity contribution in [2.75, 3.05) is 11.4 Å². The maximum absolute atomic E-state index is 11.7. The maximum atomic E-state index is 11.7. The topological polar surface area (TPSA) is 102 Å². The Bertz CT molecular complexity index is 583. The Morgan fingerprint density at radius 1 is 1.52 bits per heavy atom. The maximum Gasteiger partial charge on any atom is 0.334 e. The molecule has 2 rings (SSSR count). The van der Waals surface area contributed by atoms with Crippen LogP contribution in [0.4, 0.5) is 11.5 Å². The molecule has 0 aliphatic carbocycles. The molecule has 1 N–H and O–H groups in total. The van der Waals surface area contributed by atoms with Gasteiger partial charge in [0.05, 0.1) is 4.92 Å². The number of nitro groups is 1. The second-order valence-electron chi connectivity index (χ2n) is 5.54. The summed E-state index contributed by atoms with van der Waals surface area (Å²) in [6, 6.07) is 0. The van der Waals surface area contributed by atoms with Crippen molar-refractivity contribution in [2.24, 2.45) is 7.05 Å². The Morgan fingerprint density at radius 2 is 2.19 bits per heavy atom. The number of aromatic nitrogens is 2. The average molecular weight is 296 g/mol. The van der Waals surface area contributed by atoms with Gasteiger partial charge in [-0.05, 0) is 32.6 Å². The van der Waals surface area contributed by atoms with Crippen LogP contribution in [-0.4, -0.2) is 37.9 Å². The fraction of sp³-hybridized carbons (Fsp3) is 0.692. The van der Waals surface area contributed by atoms with Crippen molar-refractivity contribution in [3.63, 3.8) is 0 Å². The molecule has 1 aromatic rings. The van der Waals surface area contributed by atoms with Gasteiger partial charge in [-0.3, -0.25) is 10.1 Å². The number of nitrogens with zero attached hydrogens (tertiary/aromatic N) is 4. The number of anilines is 1. The molecule has 21 heavy (non-hydrogen) atoms. The Hall–Kier alpha value is -2.12. The van der Waals surface area contributed by atoms with E-state index in [2.05, 4.69) is 5.10 Å². The smallest absolute Gasteiger partial charge is 0.334 e. The molecule has 0 spiro atoms. The molecule has 0 radical (unpaired) electrons. The van der Waals surface area contributed by atoms with Gasteiger partial charge < -0.3 is 10.0 Å². The molecular weight excluding hydrogens is 276 g/mol. The van der Waals surface area contributed by atoms with Crippen LogP contribution in [-0.2, 0) is 18.3 Å². The second-order valence-corrected chi connectivity index (χ2v) is 5.54. The minimum Gasteiger partial charge on any atom is -0.480 e. The van der Waals surface area contributed by atoms with Gasteiger partial charge in [-0.25, -0.2) is 9.48 Å². The van der Waals surface area contributed by atoms with Gasteiger partial charge in [0.25, 0.3) is 0 Å². The number of carboxylic acid groups (broad SMARTS) is 1. The molecule has 0 bridgehead atoms. The Labute approximate surface area is 122 Å². The molecule has 0 aromatic carbocycles. The number of hydrogen-bond acceptors (Lipinski definition) is 5. The van der Waals surface area contributed by atoms with Crippen LogP contribution in [0.3, 0.4) is 0 Å². The summed E-state index contributed by atoms with van der Waals surface area (Å²) in [4.78, 5) is 24.3. The molecule has 116 valence electrons. The summed E-state index contributed by atoms with van der Waals surface area (Å²) in [5.74, 6) is -0.669. The lowest BCUT2D eigenvalue weighted by Crippen LogP contribution is -2.56. The van der Waals surface area contributed by atoms with E-state index in [0.29, 0.717) is 30.9 Å². The molecule has 0 amide bonds. The van der Waals surface area contributed by atoms with Crippen molar-refractivity contribution in [2.45, 2.75) is 45.1 Å². The molecule has 0 saturated carbocycles. The molecule has 8 nitrogen and oxygen atoms in total. The highest BCUT2D eigenvalue weighted by molar-refractivity contribution is 5.84. The number of hydrogen-bond donors (Lipinski definition) is 1. The SMILES string of the molecule is CCc1nn(C)c(N2CCCCC2(C)C(=O)O)c1[N+](=O)[O-]. The van der Waals surface area contributed by atoms with Crippen molar-refractivity contribution >= 4 is 17.5 Å². The van der Waals surface area contributed by atoms with Crippen molar-refractivity contribution in [3.05, 3.63) is 15.8 Å². The number of aliphatic carboxylic acids is 1. The summed E-state index contributed by atoms with van der Waals surface area (Å²) >= 11 is 0. The number of piperidine rings is 1. The summed E-state index contributed by atoms with van der Waals surface area (Å²) in [7, 11) is 1.62. The van der Waals surface area contributed by atoms with E-state index in [1.165, 1.54) is 4.68 Å². The van der Waals surface area contributed by atoms with E-state index in [1.807, 2.05) is 0 Å². The molecule has 1 aliphatic heterocycles. The van der Waals surface area contributed by atoms with Gasteiger partial charge in [0.2, 0.25) is 5.82 Å². The van der Waals surface area contributed by atoms with Crippen molar-refractivity contribution in [1.82, 2.24) is 9.78 Å². The monoisotopic (exact) mass is 296 g/mol. The predicted molar refractivity (Wildman–Crippen MR) is 76.5 cm³/mol. The lowest BCUT2D eigenvalue weighted by Gasteiger charge is -2.42. The first-order chi connectivity index (χ1) is 9.82. The van der Waals surface area contributed by atoms with Crippen LogP contribution in [0.5, 0.6) is 0 Å². The van der Waals surface area contributed by atoms with Crippen LogP contribution >= 0.6 is 0 Å². The fourth-order valence-corrected chi connectivity index (χ4v) is 2.97. The average Bonchev–Trinajstić information content (AvgIpc) is 2.76. The van der Waals surface area contributed by atoms with Gasteiger partial charge in [-0.15, -0.1) is 0 Å². The number of carboxylic acids is 1. The third-order valence-electron chi connectivity index (χ3n) is 4.19. The minimum atomic E-state index is -1.14. The third kappa shape index (κ3) is 2.34. The highest BCUT2D eigenvalue weighted by Crippen LogP contribution is 2.39. The Balaban J connectivity index is 2.61. The molecule has 2 heterocycles. The first-order valence-electron chi connectivity index (χ1n) is 7.04. The van der Waals surface area contributed by atoms with E-state index in [-0.39, 0.29) is 5.69 Å². The van der Waals surface area contributed by atoms with E-state index in [9.17, 15) is 20.0 Å². The first kappa shape index (κ1) is 15.3. The van der Waals surface area contributed by atoms with Crippen LogP contribution in [0.1, 0.15) is 38.8 Å². The van der Waals surface area contributed by atoms with Crippen LogP contribution in [0, 0.1) is 10.1 Å². The van der Waals surface area contributed by atoms with Gasteiger partial charge >= 0.3 is 11.7 Å². The first-order valence-corrected chi connectivity index (χ1v) is 7.04. The number of rotatable bonds is 4. The summed E-state index contributed by atoms with van der Waals surface area (Å²) in [5.41, 5.74) is -0.827. The van der Waals surface area contributed by atoms with Crippen molar-refractivity contribution < 1.29 is 14.8 Å². The van der Waals surface area contributed by atoms with Crippen molar-refractivity contribution in [1.29, 1.82) is 0 Å². The van der Waals surface area contributed by atoms with E-state index in [0.717, 1.165) is 12.8 Å². The van der Waals surface area contributed by atoms with Crippen molar-refractivity contribution in [3.8, 4) is 0 Å².